The minimum atomic E-state index is -0.491. The fourth-order valence-electron chi connectivity index (χ4n) is 2.50. The van der Waals surface area contributed by atoms with Gasteiger partial charge in [0.1, 0.15) is 0 Å². The molecule has 0 atom stereocenters. The largest absolute Gasteiger partial charge is 0.264 e. The molecule has 0 aliphatic heterocycles. The third-order valence-electron chi connectivity index (χ3n) is 3.44. The van der Waals surface area contributed by atoms with Gasteiger partial charge in [0, 0.05) is 24.2 Å². The Kier molecular flexibility index (Phi) is 1.41. The molecule has 0 aromatic heterocycles. The van der Waals surface area contributed by atoms with Crippen LogP contribution in [0.3, 0.4) is 0 Å². The van der Waals surface area contributed by atoms with E-state index in [2.05, 4.69) is 0 Å². The Morgan fingerprint density at radius 3 is 1.91 bits per heavy atom. The molecule has 3 nitrogen and oxygen atoms in total. The van der Waals surface area contributed by atoms with Crippen LogP contribution in [-0.4, -0.2) is 10.5 Å². The SMILES string of the molecule is O=[N+]([O-])C12CCC(CC1)CC2. The Balaban J connectivity index is 2.18. The van der Waals surface area contributed by atoms with Gasteiger partial charge in [0.2, 0.25) is 5.54 Å². The maximum atomic E-state index is 10.7. The van der Waals surface area contributed by atoms with Gasteiger partial charge in [-0.1, -0.05) is 0 Å². The van der Waals surface area contributed by atoms with Crippen molar-refractivity contribution in [2.45, 2.75) is 44.1 Å². The van der Waals surface area contributed by atoms with E-state index < -0.39 is 5.54 Å². The number of fused-ring (bicyclic) bond motifs is 3. The zero-order chi connectivity index (χ0) is 7.90. The molecule has 0 N–H and O–H groups in total. The van der Waals surface area contributed by atoms with Crippen molar-refractivity contribution >= 4 is 0 Å². The van der Waals surface area contributed by atoms with Gasteiger partial charge in [0.05, 0.1) is 0 Å². The van der Waals surface area contributed by atoms with Gasteiger partial charge in [0.15, 0.2) is 0 Å². The fourth-order valence-corrected chi connectivity index (χ4v) is 2.50. The van der Waals surface area contributed by atoms with Gasteiger partial charge >= 0.3 is 0 Å². The predicted molar refractivity (Wildman–Crippen MR) is 40.9 cm³/mol. The maximum Gasteiger partial charge on any atom is 0.222 e. The number of hydrogen-bond donors (Lipinski definition) is 0. The van der Waals surface area contributed by atoms with Crippen LogP contribution in [-0.2, 0) is 0 Å². The van der Waals surface area contributed by atoms with Gasteiger partial charge in [-0.15, -0.1) is 0 Å². The molecule has 3 aliphatic carbocycles. The zero-order valence-corrected chi connectivity index (χ0v) is 6.58. The van der Waals surface area contributed by atoms with Gasteiger partial charge in [-0.25, -0.2) is 0 Å². The number of rotatable bonds is 1. The lowest BCUT2D eigenvalue weighted by molar-refractivity contribution is -0.581. The first-order chi connectivity index (χ1) is 5.23. The molecule has 3 rings (SSSR count). The minimum Gasteiger partial charge on any atom is -0.264 e. The molecule has 0 saturated heterocycles. The van der Waals surface area contributed by atoms with Crippen LogP contribution < -0.4 is 0 Å². The van der Waals surface area contributed by atoms with Crippen molar-refractivity contribution in [3.05, 3.63) is 10.1 Å². The monoisotopic (exact) mass is 155 g/mol. The van der Waals surface area contributed by atoms with Crippen LogP contribution in [0.4, 0.5) is 0 Å². The smallest absolute Gasteiger partial charge is 0.222 e. The second-order valence-corrected chi connectivity index (χ2v) is 3.96. The third-order valence-corrected chi connectivity index (χ3v) is 3.44. The van der Waals surface area contributed by atoms with Gasteiger partial charge in [-0.05, 0) is 25.2 Å². The van der Waals surface area contributed by atoms with Crippen LogP contribution in [0.25, 0.3) is 0 Å². The molecule has 0 spiro atoms. The van der Waals surface area contributed by atoms with E-state index in [-0.39, 0.29) is 4.92 Å². The molecular formula is C8H13NO2. The van der Waals surface area contributed by atoms with E-state index in [4.69, 9.17) is 0 Å². The summed E-state index contributed by atoms with van der Waals surface area (Å²) in [5.74, 6) is 0.817. The highest BCUT2D eigenvalue weighted by molar-refractivity contribution is 4.92. The summed E-state index contributed by atoms with van der Waals surface area (Å²) < 4.78 is 0. The Morgan fingerprint density at radius 1 is 1.18 bits per heavy atom. The van der Waals surface area contributed by atoms with Gasteiger partial charge in [-0.3, -0.25) is 10.1 Å². The average Bonchev–Trinajstić information content (AvgIpc) is 2.08. The van der Waals surface area contributed by atoms with Crippen molar-refractivity contribution in [1.82, 2.24) is 0 Å². The van der Waals surface area contributed by atoms with E-state index >= 15 is 0 Å². The normalized spacial score (nSPS) is 42.4. The third kappa shape index (κ3) is 0.940. The van der Waals surface area contributed by atoms with E-state index in [1.165, 1.54) is 0 Å². The van der Waals surface area contributed by atoms with Crippen LogP contribution in [0.5, 0.6) is 0 Å². The number of nitrogens with zero attached hydrogens (tertiary/aromatic N) is 1. The standard InChI is InChI=1S/C8H13NO2/c10-9(11)8-4-1-7(2-5-8)3-6-8/h7H,1-6H2. The second kappa shape index (κ2) is 2.19. The second-order valence-electron chi connectivity index (χ2n) is 3.96. The Hall–Kier alpha value is -0.600. The molecule has 2 bridgehead atoms. The summed E-state index contributed by atoms with van der Waals surface area (Å²) in [7, 11) is 0. The lowest BCUT2D eigenvalue weighted by Crippen LogP contribution is -2.46. The zero-order valence-electron chi connectivity index (χ0n) is 6.58. The Labute approximate surface area is 65.9 Å². The summed E-state index contributed by atoms with van der Waals surface area (Å²) in [6.07, 6.45) is 5.81. The topological polar surface area (TPSA) is 43.1 Å². The van der Waals surface area contributed by atoms with Crippen LogP contribution in [0, 0.1) is 16.0 Å². The highest BCUT2D eigenvalue weighted by Gasteiger charge is 2.49. The van der Waals surface area contributed by atoms with Crippen LogP contribution in [0.2, 0.25) is 0 Å². The lowest BCUT2D eigenvalue weighted by Gasteiger charge is -2.39. The molecule has 0 aromatic rings. The first-order valence-corrected chi connectivity index (χ1v) is 4.37. The van der Waals surface area contributed by atoms with Gasteiger partial charge < -0.3 is 0 Å². The molecule has 0 aromatic carbocycles. The van der Waals surface area contributed by atoms with Gasteiger partial charge in [-0.2, -0.15) is 0 Å². The van der Waals surface area contributed by atoms with E-state index in [9.17, 15) is 10.1 Å². The quantitative estimate of drug-likeness (QED) is 0.429. The molecule has 0 heterocycles. The summed E-state index contributed by atoms with van der Waals surface area (Å²) >= 11 is 0. The summed E-state index contributed by atoms with van der Waals surface area (Å²) in [5.41, 5.74) is -0.491. The van der Waals surface area contributed by atoms with Crippen molar-refractivity contribution in [2.24, 2.45) is 5.92 Å². The summed E-state index contributed by atoms with van der Waals surface area (Å²) in [6, 6.07) is 0. The van der Waals surface area contributed by atoms with E-state index in [1.54, 1.807) is 0 Å². The van der Waals surface area contributed by atoms with Gasteiger partial charge in [0.25, 0.3) is 0 Å². The molecule has 0 amide bonds. The van der Waals surface area contributed by atoms with Crippen molar-refractivity contribution in [3.8, 4) is 0 Å². The molecular weight excluding hydrogens is 142 g/mol. The predicted octanol–water partition coefficient (Wildman–Crippen LogP) is 1.99. The first kappa shape index (κ1) is 7.07. The summed E-state index contributed by atoms with van der Waals surface area (Å²) in [6.45, 7) is 0. The molecule has 3 aliphatic rings. The van der Waals surface area contributed by atoms with Crippen molar-refractivity contribution < 1.29 is 4.92 Å². The van der Waals surface area contributed by atoms with E-state index in [0.717, 1.165) is 44.4 Å². The molecule has 11 heavy (non-hydrogen) atoms. The van der Waals surface area contributed by atoms with Crippen molar-refractivity contribution in [2.75, 3.05) is 0 Å². The minimum absolute atomic E-state index is 0.0254. The van der Waals surface area contributed by atoms with Crippen LogP contribution >= 0.6 is 0 Å². The average molecular weight is 155 g/mol. The van der Waals surface area contributed by atoms with Crippen molar-refractivity contribution in [1.29, 1.82) is 0 Å². The summed E-state index contributed by atoms with van der Waals surface area (Å²) in [4.78, 5) is 10.7. The van der Waals surface area contributed by atoms with Crippen LogP contribution in [0.1, 0.15) is 38.5 Å². The van der Waals surface area contributed by atoms with Crippen molar-refractivity contribution in [3.63, 3.8) is 0 Å². The Morgan fingerprint density at radius 2 is 1.64 bits per heavy atom. The molecule has 3 heteroatoms. The highest BCUT2D eigenvalue weighted by Crippen LogP contribution is 2.45. The number of hydrogen-bond acceptors (Lipinski definition) is 2. The first-order valence-electron chi connectivity index (χ1n) is 4.37. The molecule has 62 valence electrons. The van der Waals surface area contributed by atoms with Crippen LogP contribution in [0.15, 0.2) is 0 Å². The van der Waals surface area contributed by atoms with E-state index in [0.29, 0.717) is 0 Å². The molecule has 0 radical (unpaired) electrons. The Bertz CT molecular complexity index is 169. The highest BCUT2D eigenvalue weighted by atomic mass is 16.6. The maximum absolute atomic E-state index is 10.7. The molecule has 3 fully saturated rings. The molecule has 0 unspecified atom stereocenters. The summed E-state index contributed by atoms with van der Waals surface area (Å²) in [5, 5.41) is 10.7. The van der Waals surface area contributed by atoms with E-state index in [1.807, 2.05) is 0 Å². The lowest BCUT2D eigenvalue weighted by atomic mass is 9.66. The molecule has 3 saturated carbocycles. The number of nitro groups is 1. The fraction of sp³-hybridized carbons (Fsp3) is 1.00.